The molecule has 1 atom stereocenters. The van der Waals surface area contributed by atoms with Gasteiger partial charge in [-0.25, -0.2) is 13.1 Å². The summed E-state index contributed by atoms with van der Waals surface area (Å²) in [5.74, 6) is 0.723. The van der Waals surface area contributed by atoms with E-state index in [0.717, 1.165) is 29.0 Å². The van der Waals surface area contributed by atoms with Crippen molar-refractivity contribution in [2.75, 3.05) is 0 Å². The zero-order valence-electron chi connectivity index (χ0n) is 12.7. The standard InChI is InChI=1S/C15H20N2O3S/c1-5-10(2)17-21(18,19)14-8-6-13(7-9-14)15-11(3)16-20-12(15)4/h6-10,17H,5H2,1-4H3/t10-/m0/s1. The fourth-order valence-electron chi connectivity index (χ4n) is 2.11. The van der Waals surface area contributed by atoms with E-state index in [0.29, 0.717) is 0 Å². The van der Waals surface area contributed by atoms with Gasteiger partial charge in [-0.15, -0.1) is 0 Å². The molecule has 0 amide bonds. The summed E-state index contributed by atoms with van der Waals surface area (Å²) in [5.41, 5.74) is 2.60. The minimum absolute atomic E-state index is 0.0859. The third kappa shape index (κ3) is 3.33. The van der Waals surface area contributed by atoms with Crippen LogP contribution in [0, 0.1) is 13.8 Å². The molecule has 1 N–H and O–H groups in total. The summed E-state index contributed by atoms with van der Waals surface area (Å²) in [6, 6.07) is 6.67. The molecule has 0 aliphatic heterocycles. The SMILES string of the molecule is CC[C@H](C)NS(=O)(=O)c1ccc(-c2c(C)noc2C)cc1. The number of nitrogens with one attached hydrogen (secondary N) is 1. The second-order valence-corrected chi connectivity index (χ2v) is 6.87. The van der Waals surface area contributed by atoms with Crippen molar-refractivity contribution in [1.29, 1.82) is 0 Å². The number of aromatic nitrogens is 1. The molecule has 0 bridgehead atoms. The van der Waals surface area contributed by atoms with Gasteiger partial charge in [0.25, 0.3) is 0 Å². The smallest absolute Gasteiger partial charge is 0.240 e. The first kappa shape index (κ1) is 15.7. The number of sulfonamides is 1. The second-order valence-electron chi connectivity index (χ2n) is 5.15. The zero-order valence-corrected chi connectivity index (χ0v) is 13.5. The van der Waals surface area contributed by atoms with Crippen LogP contribution < -0.4 is 4.72 Å². The third-order valence-electron chi connectivity index (χ3n) is 3.46. The van der Waals surface area contributed by atoms with Crippen LogP contribution in [0.25, 0.3) is 11.1 Å². The van der Waals surface area contributed by atoms with Crippen LogP contribution in [0.5, 0.6) is 0 Å². The molecule has 5 nitrogen and oxygen atoms in total. The molecule has 2 aromatic rings. The van der Waals surface area contributed by atoms with Crippen molar-refractivity contribution < 1.29 is 12.9 Å². The van der Waals surface area contributed by atoms with Gasteiger partial charge in [0.2, 0.25) is 10.0 Å². The Balaban J connectivity index is 2.32. The molecule has 1 aromatic carbocycles. The van der Waals surface area contributed by atoms with E-state index in [1.54, 1.807) is 24.3 Å². The van der Waals surface area contributed by atoms with Gasteiger partial charge >= 0.3 is 0 Å². The van der Waals surface area contributed by atoms with Crippen LogP contribution in [0.1, 0.15) is 31.7 Å². The molecule has 2 rings (SSSR count). The Kier molecular flexibility index (Phi) is 4.49. The summed E-state index contributed by atoms with van der Waals surface area (Å²) in [6.45, 7) is 7.48. The molecule has 0 aliphatic carbocycles. The van der Waals surface area contributed by atoms with Crippen molar-refractivity contribution in [3.05, 3.63) is 35.7 Å². The third-order valence-corrected chi connectivity index (χ3v) is 5.06. The predicted octanol–water partition coefficient (Wildman–Crippen LogP) is 3.04. The largest absolute Gasteiger partial charge is 0.361 e. The van der Waals surface area contributed by atoms with Gasteiger partial charge in [0.15, 0.2) is 0 Å². The number of nitrogens with zero attached hydrogens (tertiary/aromatic N) is 1. The predicted molar refractivity (Wildman–Crippen MR) is 81.5 cm³/mol. The maximum absolute atomic E-state index is 12.2. The van der Waals surface area contributed by atoms with Gasteiger partial charge < -0.3 is 4.52 Å². The van der Waals surface area contributed by atoms with Crippen LogP contribution >= 0.6 is 0 Å². The Morgan fingerprint density at radius 1 is 1.24 bits per heavy atom. The van der Waals surface area contributed by atoms with E-state index in [2.05, 4.69) is 9.88 Å². The zero-order chi connectivity index (χ0) is 15.6. The van der Waals surface area contributed by atoms with Gasteiger partial charge in [-0.1, -0.05) is 24.2 Å². The molecule has 0 aliphatic rings. The normalized spacial score (nSPS) is 13.3. The quantitative estimate of drug-likeness (QED) is 0.921. The topological polar surface area (TPSA) is 72.2 Å². The minimum atomic E-state index is -3.47. The molecule has 0 spiro atoms. The van der Waals surface area contributed by atoms with Crippen LogP contribution in [0.15, 0.2) is 33.7 Å². The summed E-state index contributed by atoms with van der Waals surface area (Å²) in [7, 11) is -3.47. The van der Waals surface area contributed by atoms with Crippen molar-refractivity contribution >= 4 is 10.0 Å². The summed E-state index contributed by atoms with van der Waals surface area (Å²) in [6.07, 6.45) is 0.746. The first-order chi connectivity index (χ1) is 9.85. The average molecular weight is 308 g/mol. The monoisotopic (exact) mass is 308 g/mol. The van der Waals surface area contributed by atoms with Crippen LogP contribution in [0.2, 0.25) is 0 Å². The van der Waals surface area contributed by atoms with E-state index >= 15 is 0 Å². The van der Waals surface area contributed by atoms with E-state index in [9.17, 15) is 8.42 Å². The molecule has 0 unspecified atom stereocenters. The fraction of sp³-hybridized carbons (Fsp3) is 0.400. The lowest BCUT2D eigenvalue weighted by molar-refractivity contribution is 0.393. The van der Waals surface area contributed by atoms with Crippen molar-refractivity contribution in [3.8, 4) is 11.1 Å². The number of benzene rings is 1. The van der Waals surface area contributed by atoms with E-state index in [1.165, 1.54) is 0 Å². The van der Waals surface area contributed by atoms with E-state index in [4.69, 9.17) is 4.52 Å². The van der Waals surface area contributed by atoms with E-state index in [1.807, 2.05) is 27.7 Å². The van der Waals surface area contributed by atoms with Gasteiger partial charge in [-0.05, 0) is 44.9 Å². The number of aryl methyl sites for hydroxylation is 2. The lowest BCUT2D eigenvalue weighted by Gasteiger charge is -2.12. The van der Waals surface area contributed by atoms with Crippen LogP contribution in [-0.2, 0) is 10.0 Å². The van der Waals surface area contributed by atoms with Crippen molar-refractivity contribution in [1.82, 2.24) is 9.88 Å². The van der Waals surface area contributed by atoms with Crippen LogP contribution in [-0.4, -0.2) is 19.6 Å². The van der Waals surface area contributed by atoms with Gasteiger partial charge in [-0.3, -0.25) is 0 Å². The summed E-state index contributed by atoms with van der Waals surface area (Å²) in [5, 5.41) is 3.91. The average Bonchev–Trinajstić information content (AvgIpc) is 2.78. The maximum Gasteiger partial charge on any atom is 0.240 e. The highest BCUT2D eigenvalue weighted by Gasteiger charge is 2.17. The van der Waals surface area contributed by atoms with E-state index < -0.39 is 10.0 Å². The van der Waals surface area contributed by atoms with Gasteiger partial charge in [0.1, 0.15) is 5.76 Å². The Hall–Kier alpha value is -1.66. The Morgan fingerprint density at radius 3 is 2.33 bits per heavy atom. The van der Waals surface area contributed by atoms with Gasteiger partial charge in [-0.2, -0.15) is 0 Å². The molecule has 1 aromatic heterocycles. The molecular weight excluding hydrogens is 288 g/mol. The van der Waals surface area contributed by atoms with Gasteiger partial charge in [0, 0.05) is 11.6 Å². The second kappa shape index (κ2) is 5.99. The summed E-state index contributed by atoms with van der Waals surface area (Å²) < 4.78 is 32.2. The number of rotatable bonds is 5. The molecule has 0 saturated carbocycles. The lowest BCUT2D eigenvalue weighted by Crippen LogP contribution is -2.31. The number of hydrogen-bond donors (Lipinski definition) is 1. The first-order valence-corrected chi connectivity index (χ1v) is 8.39. The van der Waals surface area contributed by atoms with Crippen molar-refractivity contribution in [3.63, 3.8) is 0 Å². The molecule has 0 radical (unpaired) electrons. The van der Waals surface area contributed by atoms with Crippen LogP contribution in [0.4, 0.5) is 0 Å². The summed E-state index contributed by atoms with van der Waals surface area (Å²) in [4.78, 5) is 0.262. The van der Waals surface area contributed by atoms with Crippen molar-refractivity contribution in [2.45, 2.75) is 45.1 Å². The maximum atomic E-state index is 12.2. The Morgan fingerprint density at radius 2 is 1.86 bits per heavy atom. The highest BCUT2D eigenvalue weighted by atomic mass is 32.2. The van der Waals surface area contributed by atoms with Crippen LogP contribution in [0.3, 0.4) is 0 Å². The molecule has 0 fully saturated rings. The first-order valence-electron chi connectivity index (χ1n) is 6.90. The molecule has 0 saturated heterocycles. The Labute approximate surface area is 125 Å². The lowest BCUT2D eigenvalue weighted by atomic mass is 10.0. The summed E-state index contributed by atoms with van der Waals surface area (Å²) >= 11 is 0. The van der Waals surface area contributed by atoms with Gasteiger partial charge in [0.05, 0.1) is 10.6 Å². The molecular formula is C15H20N2O3S. The fourth-order valence-corrected chi connectivity index (χ4v) is 3.44. The molecule has 1 heterocycles. The minimum Gasteiger partial charge on any atom is -0.361 e. The highest BCUT2D eigenvalue weighted by Crippen LogP contribution is 2.27. The highest BCUT2D eigenvalue weighted by molar-refractivity contribution is 7.89. The molecule has 21 heavy (non-hydrogen) atoms. The number of hydrogen-bond acceptors (Lipinski definition) is 4. The Bertz CT molecular complexity index is 698. The molecule has 6 heteroatoms. The molecule has 114 valence electrons. The van der Waals surface area contributed by atoms with E-state index in [-0.39, 0.29) is 10.9 Å². The van der Waals surface area contributed by atoms with Crippen molar-refractivity contribution in [2.24, 2.45) is 0 Å².